The van der Waals surface area contributed by atoms with E-state index in [1.165, 1.54) is 53.4 Å². The molecule has 0 aliphatic rings. The molecule has 240 valence electrons. The number of aryl methyl sites for hydroxylation is 1. The molecule has 0 amide bonds. The SMILES string of the molecule is C[si-]1c2cc(N(c3ccc(-c4cccc5ccccc45)cc3)c3cccc4oc5ccccc5c34)ccc2c2c3oc4ccccc4c3ccc21. The summed E-state index contributed by atoms with van der Waals surface area (Å²) in [4.78, 5) is 5.22. The molecule has 0 saturated carbocycles. The molecule has 3 heterocycles. The van der Waals surface area contributed by atoms with Crippen LogP contribution in [0.2, 0.25) is 0 Å². The van der Waals surface area contributed by atoms with E-state index in [0.717, 1.165) is 50.2 Å². The van der Waals surface area contributed by atoms with Crippen molar-refractivity contribution in [3.63, 3.8) is 0 Å². The lowest BCUT2D eigenvalue weighted by Crippen LogP contribution is -2.10. The van der Waals surface area contributed by atoms with E-state index in [1.807, 2.05) is 12.1 Å². The van der Waals surface area contributed by atoms with Crippen molar-refractivity contribution in [2.24, 2.45) is 6.55 Å². The molecular weight excluding hydrogens is 639 g/mol. The highest BCUT2D eigenvalue weighted by Gasteiger charge is 2.20. The van der Waals surface area contributed by atoms with Crippen LogP contribution >= 0.6 is 0 Å². The smallest absolute Gasteiger partial charge is 0.140 e. The largest absolute Gasteiger partial charge is 0.456 e. The van der Waals surface area contributed by atoms with E-state index in [9.17, 15) is 0 Å². The monoisotopic (exact) mass is 668 g/mol. The van der Waals surface area contributed by atoms with Crippen LogP contribution in [0.3, 0.4) is 0 Å². The summed E-state index contributed by atoms with van der Waals surface area (Å²) in [6.07, 6.45) is 0. The summed E-state index contributed by atoms with van der Waals surface area (Å²) in [5.74, 6) is 0. The predicted octanol–water partition coefficient (Wildman–Crippen LogP) is 13.4. The number of rotatable bonds is 4. The van der Waals surface area contributed by atoms with Crippen molar-refractivity contribution >= 4 is 101 Å². The Hall–Kier alpha value is -6.36. The number of nitrogens with zero attached hydrogens (tertiary/aromatic N) is 1. The molecule has 0 spiro atoms. The number of para-hydroxylation sites is 2. The highest BCUT2D eigenvalue weighted by Crippen LogP contribution is 2.45. The van der Waals surface area contributed by atoms with Gasteiger partial charge in [-0.3, -0.25) is 8.40 Å². The molecule has 0 atom stereocenters. The quantitative estimate of drug-likeness (QED) is 0.175. The third kappa shape index (κ3) is 4.17. The number of hydrogen-bond acceptors (Lipinski definition) is 3. The van der Waals surface area contributed by atoms with Gasteiger partial charge in [0, 0.05) is 27.5 Å². The van der Waals surface area contributed by atoms with Gasteiger partial charge in [-0.1, -0.05) is 121 Å². The van der Waals surface area contributed by atoms with Crippen LogP contribution in [0.4, 0.5) is 17.1 Å². The van der Waals surface area contributed by atoms with E-state index in [-0.39, 0.29) is 0 Å². The van der Waals surface area contributed by atoms with Gasteiger partial charge < -0.3 is 13.7 Å². The fourth-order valence-electron chi connectivity index (χ4n) is 8.35. The standard InChI is InChI=1S/C47H30NO2Si/c1-51-43-27-26-36-35-13-4-6-17-40(35)50-47(36)46(43)38-25-24-32(28-44(38)51)48(39-16-9-19-42-45(39)37-14-5-7-18-41(37)49-42)31-22-20-30(21-23-31)34-15-8-11-29-10-2-3-12-33(29)34/h2-28H,1H3/q-1. The molecule has 0 aliphatic heterocycles. The molecule has 0 fully saturated rings. The van der Waals surface area contributed by atoms with Crippen molar-refractivity contribution in [3.05, 3.63) is 164 Å². The number of benzene rings is 8. The molecule has 11 aromatic rings. The summed E-state index contributed by atoms with van der Waals surface area (Å²) < 4.78 is 13.0. The fraction of sp³-hybridized carbons (Fsp3) is 0.0213. The summed E-state index contributed by atoms with van der Waals surface area (Å²) in [6.45, 7) is 2.42. The second-order valence-electron chi connectivity index (χ2n) is 13.5. The molecule has 3 aromatic heterocycles. The van der Waals surface area contributed by atoms with Gasteiger partial charge in [0.25, 0.3) is 0 Å². The Balaban J connectivity index is 1.15. The normalized spacial score (nSPS) is 12.0. The summed E-state index contributed by atoms with van der Waals surface area (Å²) in [5.41, 5.74) is 9.46. The Morgan fingerprint density at radius 1 is 0.451 bits per heavy atom. The molecule has 4 heteroatoms. The van der Waals surface area contributed by atoms with E-state index in [4.69, 9.17) is 8.83 Å². The van der Waals surface area contributed by atoms with Crippen molar-refractivity contribution in [2.75, 3.05) is 4.90 Å². The lowest BCUT2D eigenvalue weighted by molar-refractivity contribution is 0.669. The lowest BCUT2D eigenvalue weighted by Gasteiger charge is -2.27. The van der Waals surface area contributed by atoms with Crippen molar-refractivity contribution < 1.29 is 8.83 Å². The Morgan fingerprint density at radius 2 is 1.12 bits per heavy atom. The van der Waals surface area contributed by atoms with Crippen molar-refractivity contribution in [1.29, 1.82) is 0 Å². The van der Waals surface area contributed by atoms with Gasteiger partial charge in [-0.2, -0.15) is 16.5 Å². The Kier molecular flexibility index (Phi) is 6.04. The summed E-state index contributed by atoms with van der Waals surface area (Å²) >= 11 is 0. The summed E-state index contributed by atoms with van der Waals surface area (Å²) in [5, 5.41) is 9.63. The molecule has 0 bridgehead atoms. The molecule has 8 aromatic carbocycles. The Bertz CT molecular complexity index is 3160. The highest BCUT2D eigenvalue weighted by atomic mass is 28.2. The highest BCUT2D eigenvalue weighted by molar-refractivity contribution is 6.77. The number of fused-ring (bicyclic) bond motifs is 11. The van der Waals surface area contributed by atoms with Gasteiger partial charge in [0.2, 0.25) is 0 Å². The first kappa shape index (κ1) is 28.5. The fourth-order valence-corrected chi connectivity index (χ4v) is 10.6. The summed E-state index contributed by atoms with van der Waals surface area (Å²) in [6, 6.07) is 58.9. The van der Waals surface area contributed by atoms with Gasteiger partial charge in [0.15, 0.2) is 0 Å². The average Bonchev–Trinajstić information content (AvgIpc) is 3.85. The van der Waals surface area contributed by atoms with E-state index in [2.05, 4.69) is 163 Å². The second kappa shape index (κ2) is 10.8. The molecule has 3 nitrogen and oxygen atoms in total. The maximum Gasteiger partial charge on any atom is 0.140 e. The molecular formula is C47H30NO2Si-. The van der Waals surface area contributed by atoms with E-state index in [0.29, 0.717) is 0 Å². The van der Waals surface area contributed by atoms with Crippen LogP contribution in [0.15, 0.2) is 173 Å². The zero-order valence-electron chi connectivity index (χ0n) is 27.9. The molecule has 0 unspecified atom stereocenters. The zero-order chi connectivity index (χ0) is 33.6. The minimum absolute atomic E-state index is 0.882. The van der Waals surface area contributed by atoms with Crippen LogP contribution in [0.1, 0.15) is 0 Å². The Labute approximate surface area is 295 Å². The first-order chi connectivity index (χ1) is 25.2. The Morgan fingerprint density at radius 3 is 1.98 bits per heavy atom. The van der Waals surface area contributed by atoms with E-state index >= 15 is 0 Å². The molecule has 0 saturated heterocycles. The van der Waals surface area contributed by atoms with Crippen LogP contribution in [-0.4, -0.2) is 8.40 Å². The molecule has 51 heavy (non-hydrogen) atoms. The van der Waals surface area contributed by atoms with Crippen LogP contribution < -0.4 is 4.90 Å². The maximum absolute atomic E-state index is 6.57. The molecule has 0 radical (unpaired) electrons. The van der Waals surface area contributed by atoms with Gasteiger partial charge >= 0.3 is 0 Å². The van der Waals surface area contributed by atoms with Crippen LogP contribution in [0.25, 0.3) is 86.5 Å². The first-order valence-corrected chi connectivity index (χ1v) is 19.4. The molecule has 0 N–H and O–H groups in total. The predicted molar refractivity (Wildman–Crippen MR) is 216 cm³/mol. The van der Waals surface area contributed by atoms with E-state index < -0.39 is 8.40 Å². The van der Waals surface area contributed by atoms with Crippen molar-refractivity contribution in [1.82, 2.24) is 0 Å². The number of furan rings is 2. The third-order valence-corrected chi connectivity index (χ3v) is 13.2. The molecule has 11 rings (SSSR count). The molecule has 0 aliphatic carbocycles. The van der Waals surface area contributed by atoms with Gasteiger partial charge in [-0.15, -0.1) is 0 Å². The van der Waals surface area contributed by atoms with Crippen LogP contribution in [-0.2, 0) is 6.55 Å². The first-order valence-electron chi connectivity index (χ1n) is 17.4. The van der Waals surface area contributed by atoms with Crippen LogP contribution in [0.5, 0.6) is 0 Å². The van der Waals surface area contributed by atoms with E-state index in [1.54, 1.807) is 0 Å². The average molecular weight is 669 g/mol. The topological polar surface area (TPSA) is 29.5 Å². The summed E-state index contributed by atoms with van der Waals surface area (Å²) in [7, 11) is -1.05. The minimum atomic E-state index is -1.05. The minimum Gasteiger partial charge on any atom is -0.456 e. The number of hydrogen-bond donors (Lipinski definition) is 0. The zero-order valence-corrected chi connectivity index (χ0v) is 28.9. The third-order valence-electron chi connectivity index (χ3n) is 10.7. The maximum atomic E-state index is 6.57. The second-order valence-corrected chi connectivity index (χ2v) is 15.8. The van der Waals surface area contributed by atoms with Crippen molar-refractivity contribution in [2.45, 2.75) is 0 Å². The lowest BCUT2D eigenvalue weighted by atomic mass is 9.98. The van der Waals surface area contributed by atoms with Gasteiger partial charge in [-0.25, -0.2) is 0 Å². The van der Waals surface area contributed by atoms with Gasteiger partial charge in [0.1, 0.15) is 22.3 Å². The van der Waals surface area contributed by atoms with Crippen molar-refractivity contribution in [3.8, 4) is 11.1 Å². The van der Waals surface area contributed by atoms with Gasteiger partial charge in [-0.05, 0) is 75.1 Å². The number of anilines is 3. The van der Waals surface area contributed by atoms with Crippen LogP contribution in [0, 0.1) is 0 Å². The van der Waals surface area contributed by atoms with Gasteiger partial charge in [0.05, 0.1) is 11.1 Å².